The van der Waals surface area contributed by atoms with Crippen molar-refractivity contribution in [1.82, 2.24) is 4.90 Å². The monoisotopic (exact) mass is 560 g/mol. The normalized spacial score (nSPS) is 27.3. The van der Waals surface area contributed by atoms with Crippen LogP contribution in [0.4, 0.5) is 5.69 Å². The molecule has 2 bridgehead atoms. The number of fused-ring (bicyclic) bond motifs is 1. The van der Waals surface area contributed by atoms with Crippen molar-refractivity contribution in [3.8, 4) is 0 Å². The molecule has 4 rings (SSSR count). The molecule has 2 unspecified atom stereocenters. The van der Waals surface area contributed by atoms with Gasteiger partial charge in [-0.2, -0.15) is 0 Å². The first kappa shape index (κ1) is 28.7. The highest BCUT2D eigenvalue weighted by Crippen LogP contribution is 2.66. The zero-order valence-electron chi connectivity index (χ0n) is 21.7. The Labute approximate surface area is 234 Å². The van der Waals surface area contributed by atoms with E-state index in [1.54, 1.807) is 51.9 Å². The number of hydrogen-bond acceptors (Lipinski definition) is 6. The molecule has 7 nitrogen and oxygen atoms in total. The number of carbonyl (C=O) groups excluding carboxylic acids is 3. The Kier molecular flexibility index (Phi) is 9.60. The van der Waals surface area contributed by atoms with E-state index in [1.807, 2.05) is 6.08 Å². The highest BCUT2D eigenvalue weighted by atomic mass is 35.5. The minimum atomic E-state index is -0.713. The lowest BCUT2D eigenvalue weighted by atomic mass is 9.71. The van der Waals surface area contributed by atoms with E-state index in [1.165, 1.54) is 0 Å². The average Bonchev–Trinajstić information content (AvgIpc) is 3.55. The van der Waals surface area contributed by atoms with Crippen molar-refractivity contribution in [2.75, 3.05) is 31.2 Å². The SMILES string of the molecule is C=CCCCCOC(=O)[C@@H]1[C@H]2C(=O)N(CCCCO)C(C(=O)N(CC=C)c3ccc(Cl)cc3)C23CC[C@H]1S3. The maximum absolute atomic E-state index is 14.3. The van der Waals surface area contributed by atoms with Crippen LogP contribution in [0, 0.1) is 11.8 Å². The fourth-order valence-corrected chi connectivity index (χ4v) is 8.54. The van der Waals surface area contributed by atoms with Crippen LogP contribution >= 0.6 is 23.4 Å². The lowest BCUT2D eigenvalue weighted by molar-refractivity contribution is -0.154. The predicted octanol–water partition coefficient (Wildman–Crippen LogP) is 4.62. The molecule has 0 aromatic heterocycles. The first-order valence-electron chi connectivity index (χ1n) is 13.4. The first-order chi connectivity index (χ1) is 18.4. The Bertz CT molecular complexity index is 1050. The van der Waals surface area contributed by atoms with Gasteiger partial charge in [0, 0.05) is 35.7 Å². The number of aliphatic hydroxyl groups excluding tert-OH is 1. The third-order valence-electron chi connectivity index (χ3n) is 7.88. The van der Waals surface area contributed by atoms with Crippen molar-refractivity contribution >= 4 is 46.8 Å². The molecule has 3 fully saturated rings. The largest absolute Gasteiger partial charge is 0.465 e. The molecule has 3 heterocycles. The molecule has 3 saturated heterocycles. The van der Waals surface area contributed by atoms with E-state index >= 15 is 0 Å². The lowest BCUT2D eigenvalue weighted by Crippen LogP contribution is -2.55. The number of halogens is 1. The molecule has 0 radical (unpaired) electrons. The number of benzene rings is 1. The van der Waals surface area contributed by atoms with Crippen LogP contribution in [-0.4, -0.2) is 70.1 Å². The van der Waals surface area contributed by atoms with Crippen molar-refractivity contribution in [1.29, 1.82) is 0 Å². The van der Waals surface area contributed by atoms with Crippen LogP contribution in [0.3, 0.4) is 0 Å². The summed E-state index contributed by atoms with van der Waals surface area (Å²) in [6.45, 7) is 8.53. The summed E-state index contributed by atoms with van der Waals surface area (Å²) in [5.41, 5.74) is 0.676. The summed E-state index contributed by atoms with van der Waals surface area (Å²) in [6, 6.07) is 6.33. The number of ether oxygens (including phenoxy) is 1. The van der Waals surface area contributed by atoms with Gasteiger partial charge in [-0.1, -0.05) is 23.8 Å². The molecule has 0 saturated carbocycles. The second-order valence-electron chi connectivity index (χ2n) is 10.2. The second kappa shape index (κ2) is 12.7. The number of hydrogen-bond donors (Lipinski definition) is 1. The summed E-state index contributed by atoms with van der Waals surface area (Å²) in [4.78, 5) is 45.0. The second-order valence-corrected chi connectivity index (χ2v) is 12.2. The molecule has 1 aromatic carbocycles. The molecule has 1 spiro atoms. The molecular formula is C29H37ClN2O5S. The Morgan fingerprint density at radius 3 is 2.63 bits per heavy atom. The summed E-state index contributed by atoms with van der Waals surface area (Å²) in [6.07, 6.45) is 8.58. The van der Waals surface area contributed by atoms with Crippen LogP contribution in [0.5, 0.6) is 0 Å². The standard InChI is InChI=1S/C29H37ClN2O5S/c1-3-5-6-9-19-37-28(36)23-22-14-15-29(38-22)24(23)26(34)32(17-7-8-18-33)25(29)27(35)31(16-4-2)21-12-10-20(30)11-13-21/h3-4,10-13,22-25,33H,1-2,5-9,14-19H2/t22-,23+,24+,25?,29?/m1/s1. The molecule has 0 aliphatic carbocycles. The van der Waals surface area contributed by atoms with Crippen LogP contribution in [0.15, 0.2) is 49.6 Å². The number of thioether (sulfide) groups is 1. The number of nitrogens with zero attached hydrogens (tertiary/aromatic N) is 2. The Hall–Kier alpha value is -2.29. The molecule has 3 aliphatic rings. The minimum Gasteiger partial charge on any atom is -0.465 e. The van der Waals surface area contributed by atoms with E-state index < -0.39 is 22.6 Å². The van der Waals surface area contributed by atoms with Crippen LogP contribution in [0.1, 0.15) is 44.9 Å². The summed E-state index contributed by atoms with van der Waals surface area (Å²) in [5, 5.41) is 9.88. The third kappa shape index (κ3) is 5.40. The molecule has 9 heteroatoms. The van der Waals surface area contributed by atoms with E-state index in [4.69, 9.17) is 16.3 Å². The summed E-state index contributed by atoms with van der Waals surface area (Å²) < 4.78 is 4.98. The number of aliphatic hydroxyl groups is 1. The van der Waals surface area contributed by atoms with E-state index in [0.29, 0.717) is 43.1 Å². The summed E-state index contributed by atoms with van der Waals surface area (Å²) in [7, 11) is 0. The maximum Gasteiger partial charge on any atom is 0.310 e. The lowest BCUT2D eigenvalue weighted by Gasteiger charge is -2.37. The predicted molar refractivity (Wildman–Crippen MR) is 151 cm³/mol. The quantitative estimate of drug-likeness (QED) is 0.203. The van der Waals surface area contributed by atoms with Gasteiger partial charge in [-0.05, 0) is 69.2 Å². The number of amides is 2. The van der Waals surface area contributed by atoms with Gasteiger partial charge in [0.05, 0.1) is 23.2 Å². The molecular weight excluding hydrogens is 524 g/mol. The number of allylic oxidation sites excluding steroid dienone is 1. The van der Waals surface area contributed by atoms with Crippen molar-refractivity contribution in [2.24, 2.45) is 11.8 Å². The van der Waals surface area contributed by atoms with Crippen LogP contribution in [0.25, 0.3) is 0 Å². The van der Waals surface area contributed by atoms with Gasteiger partial charge in [-0.3, -0.25) is 14.4 Å². The van der Waals surface area contributed by atoms with Gasteiger partial charge < -0.3 is 19.6 Å². The molecule has 3 aliphatic heterocycles. The van der Waals surface area contributed by atoms with Crippen molar-refractivity contribution in [3.63, 3.8) is 0 Å². The smallest absolute Gasteiger partial charge is 0.310 e. The van der Waals surface area contributed by atoms with E-state index in [-0.39, 0.29) is 36.2 Å². The zero-order valence-corrected chi connectivity index (χ0v) is 23.3. The van der Waals surface area contributed by atoms with Gasteiger partial charge >= 0.3 is 5.97 Å². The summed E-state index contributed by atoms with van der Waals surface area (Å²) >= 11 is 7.72. The molecule has 1 aromatic rings. The van der Waals surface area contributed by atoms with Crippen LogP contribution < -0.4 is 4.90 Å². The van der Waals surface area contributed by atoms with Gasteiger partial charge in [0.25, 0.3) is 5.91 Å². The minimum absolute atomic E-state index is 0.0141. The first-order valence-corrected chi connectivity index (χ1v) is 14.7. The molecule has 2 amide bonds. The number of rotatable bonds is 14. The molecule has 206 valence electrons. The van der Waals surface area contributed by atoms with Crippen molar-refractivity contribution < 1.29 is 24.2 Å². The van der Waals surface area contributed by atoms with E-state index in [2.05, 4.69) is 13.2 Å². The van der Waals surface area contributed by atoms with E-state index in [0.717, 1.165) is 25.7 Å². The fourth-order valence-electron chi connectivity index (χ4n) is 6.21. The number of likely N-dealkylation sites (tertiary alicyclic amines) is 1. The summed E-state index contributed by atoms with van der Waals surface area (Å²) in [5.74, 6) is -1.81. The zero-order chi connectivity index (χ0) is 27.3. The topological polar surface area (TPSA) is 87.1 Å². The Morgan fingerprint density at radius 1 is 1.18 bits per heavy atom. The number of esters is 1. The number of carbonyl (C=O) groups is 3. The van der Waals surface area contributed by atoms with Crippen molar-refractivity contribution in [2.45, 2.75) is 61.0 Å². The van der Waals surface area contributed by atoms with Gasteiger partial charge in [0.15, 0.2) is 0 Å². The number of unbranched alkanes of at least 4 members (excludes halogenated alkanes) is 3. The Balaban J connectivity index is 1.64. The molecule has 1 N–H and O–H groups in total. The third-order valence-corrected chi connectivity index (χ3v) is 10.1. The van der Waals surface area contributed by atoms with Gasteiger partial charge in [0.1, 0.15) is 6.04 Å². The highest BCUT2D eigenvalue weighted by molar-refractivity contribution is 8.02. The maximum atomic E-state index is 14.3. The van der Waals surface area contributed by atoms with Crippen molar-refractivity contribution in [3.05, 3.63) is 54.6 Å². The van der Waals surface area contributed by atoms with Gasteiger partial charge in [-0.25, -0.2) is 0 Å². The fraction of sp³-hybridized carbons (Fsp3) is 0.552. The molecule has 38 heavy (non-hydrogen) atoms. The number of anilines is 1. The molecule has 5 atom stereocenters. The highest BCUT2D eigenvalue weighted by Gasteiger charge is 2.74. The van der Waals surface area contributed by atoms with Gasteiger partial charge in [-0.15, -0.1) is 24.9 Å². The van der Waals surface area contributed by atoms with Crippen LogP contribution in [0.2, 0.25) is 5.02 Å². The Morgan fingerprint density at radius 2 is 1.95 bits per heavy atom. The van der Waals surface area contributed by atoms with Gasteiger partial charge in [0.2, 0.25) is 5.91 Å². The van der Waals surface area contributed by atoms with Crippen LogP contribution in [-0.2, 0) is 19.1 Å². The average molecular weight is 561 g/mol. The van der Waals surface area contributed by atoms with E-state index in [9.17, 15) is 19.5 Å².